The molecule has 3 rings (SSSR count). The van der Waals surface area contributed by atoms with E-state index in [1.807, 2.05) is 25.1 Å². The van der Waals surface area contributed by atoms with Crippen molar-refractivity contribution in [1.82, 2.24) is 19.6 Å². The number of hydrogen-bond donors (Lipinski definition) is 1. The minimum absolute atomic E-state index is 0.173. The van der Waals surface area contributed by atoms with Crippen molar-refractivity contribution in [3.05, 3.63) is 58.5 Å². The molecular weight excluding hydrogens is 292 g/mol. The number of carbonyl (C=O) groups is 1. The van der Waals surface area contributed by atoms with Crippen LogP contribution in [-0.2, 0) is 0 Å². The van der Waals surface area contributed by atoms with Crippen LogP contribution in [0.3, 0.4) is 0 Å². The van der Waals surface area contributed by atoms with Crippen LogP contribution in [0, 0.1) is 0 Å². The minimum atomic E-state index is -0.200. The molecule has 0 atom stereocenters. The van der Waals surface area contributed by atoms with E-state index >= 15 is 0 Å². The van der Waals surface area contributed by atoms with Gasteiger partial charge in [0.1, 0.15) is 5.65 Å². The van der Waals surface area contributed by atoms with Crippen LogP contribution >= 0.6 is 0 Å². The number of likely N-dealkylation sites (N-methyl/N-ethyl adjacent to an activating group) is 1. The van der Waals surface area contributed by atoms with Crippen molar-refractivity contribution in [2.45, 2.75) is 0 Å². The molecule has 23 heavy (non-hydrogen) atoms. The highest BCUT2D eigenvalue weighted by Gasteiger charge is 2.09. The number of amides is 1. The fourth-order valence-electron chi connectivity index (χ4n) is 2.38. The lowest BCUT2D eigenvalue weighted by Crippen LogP contribution is -2.31. The van der Waals surface area contributed by atoms with Gasteiger partial charge in [-0.25, -0.2) is 4.98 Å². The number of para-hydroxylation sites is 1. The molecule has 0 saturated heterocycles. The van der Waals surface area contributed by atoms with Crippen LogP contribution in [0.4, 0.5) is 0 Å². The van der Waals surface area contributed by atoms with Crippen molar-refractivity contribution >= 4 is 22.5 Å². The number of pyridine rings is 1. The highest BCUT2D eigenvalue weighted by Crippen LogP contribution is 2.10. The lowest BCUT2D eigenvalue weighted by atomic mass is 10.2. The second-order valence-electron chi connectivity index (χ2n) is 5.64. The first-order chi connectivity index (χ1) is 11.1. The van der Waals surface area contributed by atoms with Crippen LogP contribution in [0.1, 0.15) is 10.4 Å². The molecule has 0 aliphatic carbocycles. The summed E-state index contributed by atoms with van der Waals surface area (Å²) in [6.07, 6.45) is 1.54. The third-order valence-corrected chi connectivity index (χ3v) is 3.62. The van der Waals surface area contributed by atoms with Crippen molar-refractivity contribution in [3.8, 4) is 0 Å². The maximum Gasteiger partial charge on any atom is 0.265 e. The topological polar surface area (TPSA) is 66.7 Å². The lowest BCUT2D eigenvalue weighted by molar-refractivity contribution is 0.0950. The van der Waals surface area contributed by atoms with E-state index in [1.54, 1.807) is 36.5 Å². The van der Waals surface area contributed by atoms with E-state index in [0.29, 0.717) is 28.7 Å². The molecule has 2 aromatic heterocycles. The second kappa shape index (κ2) is 6.18. The van der Waals surface area contributed by atoms with Gasteiger partial charge in [-0.05, 0) is 38.4 Å². The van der Waals surface area contributed by atoms with E-state index in [2.05, 4.69) is 10.3 Å². The number of nitrogens with one attached hydrogen (secondary N) is 1. The van der Waals surface area contributed by atoms with Gasteiger partial charge in [0.2, 0.25) is 0 Å². The number of carbonyl (C=O) groups excluding carboxylic acids is 1. The summed E-state index contributed by atoms with van der Waals surface area (Å²) in [5.74, 6) is -0.200. The maximum atomic E-state index is 12.6. The largest absolute Gasteiger partial charge is 0.351 e. The molecule has 0 bridgehead atoms. The summed E-state index contributed by atoms with van der Waals surface area (Å²) in [7, 11) is 3.89. The van der Waals surface area contributed by atoms with Gasteiger partial charge >= 0.3 is 0 Å². The highest BCUT2D eigenvalue weighted by molar-refractivity contribution is 5.94. The predicted octanol–water partition coefficient (Wildman–Crippen LogP) is 1.14. The van der Waals surface area contributed by atoms with E-state index in [1.165, 1.54) is 4.40 Å². The molecule has 0 aliphatic rings. The highest BCUT2D eigenvalue weighted by atomic mass is 16.1. The zero-order valence-electron chi connectivity index (χ0n) is 13.1. The molecule has 0 saturated carbocycles. The third-order valence-electron chi connectivity index (χ3n) is 3.62. The zero-order chi connectivity index (χ0) is 16.4. The summed E-state index contributed by atoms with van der Waals surface area (Å²) in [6.45, 7) is 1.31. The fourth-order valence-corrected chi connectivity index (χ4v) is 2.38. The number of aromatic nitrogens is 2. The van der Waals surface area contributed by atoms with Crippen LogP contribution in [0.5, 0.6) is 0 Å². The van der Waals surface area contributed by atoms with Crippen LogP contribution in [-0.4, -0.2) is 47.4 Å². The molecule has 3 aromatic rings. The first kappa shape index (κ1) is 15.2. The van der Waals surface area contributed by atoms with Crippen molar-refractivity contribution < 1.29 is 4.79 Å². The Morgan fingerprint density at radius 3 is 2.78 bits per heavy atom. The van der Waals surface area contributed by atoms with Crippen LogP contribution in [0.2, 0.25) is 0 Å². The summed E-state index contributed by atoms with van der Waals surface area (Å²) in [6, 6.07) is 10.6. The Labute approximate surface area is 133 Å². The van der Waals surface area contributed by atoms with Crippen molar-refractivity contribution in [2.75, 3.05) is 27.2 Å². The fraction of sp³-hybridized carbons (Fsp3) is 0.235. The Morgan fingerprint density at radius 2 is 2.00 bits per heavy atom. The zero-order valence-corrected chi connectivity index (χ0v) is 13.1. The summed E-state index contributed by atoms with van der Waals surface area (Å²) >= 11 is 0. The Hall–Kier alpha value is -2.73. The minimum Gasteiger partial charge on any atom is -0.351 e. The molecule has 0 fully saturated rings. The summed E-state index contributed by atoms with van der Waals surface area (Å²) < 4.78 is 1.42. The normalized spacial score (nSPS) is 11.3. The molecule has 6 heteroatoms. The third kappa shape index (κ3) is 3.07. The van der Waals surface area contributed by atoms with Crippen LogP contribution in [0.25, 0.3) is 16.6 Å². The Bertz CT molecular complexity index is 931. The number of fused-ring (bicyclic) bond motifs is 2. The Balaban J connectivity index is 1.98. The lowest BCUT2D eigenvalue weighted by Gasteiger charge is -2.11. The molecule has 118 valence electrons. The molecule has 1 amide bonds. The van der Waals surface area contributed by atoms with Gasteiger partial charge in [0.25, 0.3) is 11.5 Å². The van der Waals surface area contributed by atoms with E-state index in [0.717, 1.165) is 6.54 Å². The van der Waals surface area contributed by atoms with Crippen LogP contribution in [0.15, 0.2) is 47.4 Å². The summed E-state index contributed by atoms with van der Waals surface area (Å²) in [5.41, 5.74) is 1.45. The van der Waals surface area contributed by atoms with Gasteiger partial charge in [-0.1, -0.05) is 12.1 Å². The van der Waals surface area contributed by atoms with Gasteiger partial charge < -0.3 is 10.2 Å². The van der Waals surface area contributed by atoms with Crippen molar-refractivity contribution in [1.29, 1.82) is 0 Å². The SMILES string of the molecule is CN(C)CCNC(=O)c1ccc2nc3ccccc3c(=O)n2c1. The van der Waals surface area contributed by atoms with Gasteiger partial charge in [-0.3, -0.25) is 14.0 Å². The molecule has 1 aromatic carbocycles. The van der Waals surface area contributed by atoms with Gasteiger partial charge in [-0.2, -0.15) is 0 Å². The van der Waals surface area contributed by atoms with Crippen LogP contribution < -0.4 is 10.9 Å². The van der Waals surface area contributed by atoms with Gasteiger partial charge in [-0.15, -0.1) is 0 Å². The molecule has 0 aliphatic heterocycles. The average Bonchev–Trinajstić information content (AvgIpc) is 2.54. The van der Waals surface area contributed by atoms with E-state index < -0.39 is 0 Å². The van der Waals surface area contributed by atoms with E-state index in [9.17, 15) is 9.59 Å². The first-order valence-electron chi connectivity index (χ1n) is 7.40. The molecule has 6 nitrogen and oxygen atoms in total. The standard InChI is InChI=1S/C17H18N4O2/c1-20(2)10-9-18-16(22)12-7-8-15-19-14-6-4-3-5-13(14)17(23)21(15)11-12/h3-8,11H,9-10H2,1-2H3,(H,18,22). The average molecular weight is 310 g/mol. The second-order valence-corrected chi connectivity index (χ2v) is 5.64. The summed E-state index contributed by atoms with van der Waals surface area (Å²) in [4.78, 5) is 31.2. The molecule has 0 spiro atoms. The quantitative estimate of drug-likeness (QED) is 0.734. The Morgan fingerprint density at radius 1 is 1.22 bits per heavy atom. The van der Waals surface area contributed by atoms with E-state index in [4.69, 9.17) is 0 Å². The van der Waals surface area contributed by atoms with E-state index in [-0.39, 0.29) is 11.5 Å². The molecule has 2 heterocycles. The first-order valence-corrected chi connectivity index (χ1v) is 7.40. The van der Waals surface area contributed by atoms with Crippen molar-refractivity contribution in [2.24, 2.45) is 0 Å². The summed E-state index contributed by atoms with van der Waals surface area (Å²) in [5, 5.41) is 3.37. The predicted molar refractivity (Wildman–Crippen MR) is 89.9 cm³/mol. The molecule has 1 N–H and O–H groups in total. The Kier molecular flexibility index (Phi) is 4.08. The molecular formula is C17H18N4O2. The number of hydrogen-bond acceptors (Lipinski definition) is 4. The smallest absolute Gasteiger partial charge is 0.265 e. The number of nitrogens with zero attached hydrogens (tertiary/aromatic N) is 3. The number of rotatable bonds is 4. The van der Waals surface area contributed by atoms with Gasteiger partial charge in [0.05, 0.1) is 16.5 Å². The molecule has 0 radical (unpaired) electrons. The maximum absolute atomic E-state index is 12.6. The molecule has 0 unspecified atom stereocenters. The monoisotopic (exact) mass is 310 g/mol. The van der Waals surface area contributed by atoms with Gasteiger partial charge in [0.15, 0.2) is 0 Å². The number of benzene rings is 1. The van der Waals surface area contributed by atoms with Crippen molar-refractivity contribution in [3.63, 3.8) is 0 Å². The van der Waals surface area contributed by atoms with Gasteiger partial charge in [0, 0.05) is 19.3 Å².